The summed E-state index contributed by atoms with van der Waals surface area (Å²) in [6, 6.07) is -0.111. The lowest BCUT2D eigenvalue weighted by Crippen LogP contribution is -2.30. The molecule has 0 aromatic carbocycles. The second kappa shape index (κ2) is 4.20. The van der Waals surface area contributed by atoms with Gasteiger partial charge in [0.2, 0.25) is 5.91 Å². The van der Waals surface area contributed by atoms with Crippen LogP contribution in [0.5, 0.6) is 0 Å². The first-order chi connectivity index (χ1) is 7.22. The molecule has 15 heavy (non-hydrogen) atoms. The van der Waals surface area contributed by atoms with Crippen LogP contribution in [0.4, 0.5) is 0 Å². The van der Waals surface area contributed by atoms with Gasteiger partial charge in [-0.3, -0.25) is 4.79 Å². The molecule has 5 nitrogen and oxygen atoms in total. The largest absolute Gasteiger partial charge is 0.389 e. The van der Waals surface area contributed by atoms with Crippen LogP contribution in [0, 0.1) is 0 Å². The molecule has 1 fully saturated rings. The lowest BCUT2D eigenvalue weighted by atomic mass is 10.2. The molecule has 0 unspecified atom stereocenters. The van der Waals surface area contributed by atoms with Crippen LogP contribution in [-0.2, 0) is 4.79 Å². The number of likely N-dealkylation sites (tertiary alicyclic amines) is 1. The minimum Gasteiger partial charge on any atom is -0.389 e. The van der Waals surface area contributed by atoms with Gasteiger partial charge in [0.25, 0.3) is 0 Å². The lowest BCUT2D eigenvalue weighted by Gasteiger charge is -2.15. The lowest BCUT2D eigenvalue weighted by molar-refractivity contribution is -0.127. The Labute approximate surface area is 92.3 Å². The molecule has 1 saturated heterocycles. The highest BCUT2D eigenvalue weighted by molar-refractivity contribution is 6.27. The number of alkyl halides is 1. The molecule has 1 aliphatic rings. The summed E-state index contributed by atoms with van der Waals surface area (Å²) in [6.07, 6.45) is 4.52. The van der Waals surface area contributed by atoms with E-state index in [1.54, 1.807) is 23.6 Å². The van der Waals surface area contributed by atoms with Crippen molar-refractivity contribution >= 4 is 17.5 Å². The molecule has 1 amide bonds. The molecule has 0 aliphatic carbocycles. The Kier molecular flexibility index (Phi) is 2.93. The van der Waals surface area contributed by atoms with Crippen molar-refractivity contribution in [2.24, 2.45) is 0 Å². The molecule has 0 saturated carbocycles. The van der Waals surface area contributed by atoms with E-state index in [1.165, 1.54) is 0 Å². The number of hydrogen-bond acceptors (Lipinski definition) is 3. The van der Waals surface area contributed by atoms with Gasteiger partial charge in [0.1, 0.15) is 5.88 Å². The molecule has 0 spiro atoms. The zero-order valence-corrected chi connectivity index (χ0v) is 8.84. The number of carbonyl (C=O) groups excluding carboxylic acids is 1. The van der Waals surface area contributed by atoms with Crippen molar-refractivity contribution in [2.45, 2.75) is 12.1 Å². The van der Waals surface area contributed by atoms with Crippen LogP contribution < -0.4 is 0 Å². The monoisotopic (exact) mass is 229 g/mol. The van der Waals surface area contributed by atoms with Gasteiger partial charge in [-0.2, -0.15) is 0 Å². The maximum Gasteiger partial charge on any atom is 0.237 e. The number of nitrogens with zero attached hydrogens (tertiary/aromatic N) is 3. The maximum absolute atomic E-state index is 11.3. The minimum absolute atomic E-state index is 0.0383. The van der Waals surface area contributed by atoms with Gasteiger partial charge < -0.3 is 14.6 Å². The first-order valence-corrected chi connectivity index (χ1v) is 5.25. The summed E-state index contributed by atoms with van der Waals surface area (Å²) >= 11 is 5.46. The third kappa shape index (κ3) is 1.98. The molecule has 82 valence electrons. The van der Waals surface area contributed by atoms with Crippen LogP contribution >= 0.6 is 11.6 Å². The fraction of sp³-hybridized carbons (Fsp3) is 0.556. The van der Waals surface area contributed by atoms with Crippen LogP contribution in [0.25, 0.3) is 0 Å². The van der Waals surface area contributed by atoms with E-state index in [0.717, 1.165) is 0 Å². The van der Waals surface area contributed by atoms with E-state index in [9.17, 15) is 9.90 Å². The van der Waals surface area contributed by atoms with Crippen LogP contribution in [0.15, 0.2) is 18.7 Å². The Balaban J connectivity index is 2.08. The number of aliphatic hydroxyl groups excluding tert-OH is 1. The second-order valence-corrected chi connectivity index (χ2v) is 3.84. The topological polar surface area (TPSA) is 58.4 Å². The van der Waals surface area contributed by atoms with Gasteiger partial charge in [0.15, 0.2) is 0 Å². The van der Waals surface area contributed by atoms with Crippen molar-refractivity contribution in [2.75, 3.05) is 19.0 Å². The third-order valence-electron chi connectivity index (χ3n) is 2.63. The van der Waals surface area contributed by atoms with E-state index in [2.05, 4.69) is 4.98 Å². The minimum atomic E-state index is -0.550. The summed E-state index contributed by atoms with van der Waals surface area (Å²) in [4.78, 5) is 16.8. The van der Waals surface area contributed by atoms with Crippen molar-refractivity contribution in [3.8, 4) is 0 Å². The number of hydrogen-bond donors (Lipinski definition) is 1. The Bertz CT molecular complexity index is 341. The van der Waals surface area contributed by atoms with Crippen molar-refractivity contribution in [3.63, 3.8) is 0 Å². The van der Waals surface area contributed by atoms with Gasteiger partial charge in [-0.05, 0) is 0 Å². The zero-order chi connectivity index (χ0) is 10.8. The second-order valence-electron chi connectivity index (χ2n) is 3.58. The predicted molar refractivity (Wildman–Crippen MR) is 54.6 cm³/mol. The highest BCUT2D eigenvalue weighted by Gasteiger charge is 2.34. The molecule has 2 heterocycles. The molecule has 0 radical (unpaired) electrons. The summed E-state index contributed by atoms with van der Waals surface area (Å²) in [5.41, 5.74) is 0. The van der Waals surface area contributed by atoms with E-state index in [0.29, 0.717) is 13.1 Å². The standard InChI is InChI=1S/C9H12ClN3O2/c10-3-9(15)13-4-7(8(14)5-13)12-2-1-11-6-12/h1-2,6-8,14H,3-5H2/t7-,8+/m0/s1. The number of β-amino-alcohol motifs (C(OH)–C–C–N with tert-alkyl or cyclic N) is 1. The quantitative estimate of drug-likeness (QED) is 0.719. The Hall–Kier alpha value is -1.07. The molecular weight excluding hydrogens is 218 g/mol. The SMILES string of the molecule is O=C(CCl)N1C[C@@H](O)[C@@H](n2ccnc2)C1. The van der Waals surface area contributed by atoms with E-state index in [-0.39, 0.29) is 17.8 Å². The Morgan fingerprint density at radius 3 is 3.00 bits per heavy atom. The number of aromatic nitrogens is 2. The smallest absolute Gasteiger partial charge is 0.237 e. The van der Waals surface area contributed by atoms with Gasteiger partial charge in [-0.15, -0.1) is 11.6 Å². The van der Waals surface area contributed by atoms with Crippen LogP contribution in [-0.4, -0.2) is 50.5 Å². The maximum atomic E-state index is 11.3. The normalized spacial score (nSPS) is 25.9. The Morgan fingerprint density at radius 2 is 2.40 bits per heavy atom. The molecular formula is C9H12ClN3O2. The van der Waals surface area contributed by atoms with Gasteiger partial charge in [-0.1, -0.05) is 0 Å². The van der Waals surface area contributed by atoms with E-state index >= 15 is 0 Å². The fourth-order valence-electron chi connectivity index (χ4n) is 1.82. The van der Waals surface area contributed by atoms with Gasteiger partial charge in [0.05, 0.1) is 18.5 Å². The molecule has 1 N–H and O–H groups in total. The summed E-state index contributed by atoms with van der Waals surface area (Å²) < 4.78 is 1.81. The van der Waals surface area contributed by atoms with E-state index in [1.807, 2.05) is 4.57 Å². The highest BCUT2D eigenvalue weighted by atomic mass is 35.5. The number of rotatable bonds is 2. The van der Waals surface area contributed by atoms with Crippen molar-refractivity contribution in [1.82, 2.24) is 14.5 Å². The molecule has 6 heteroatoms. The van der Waals surface area contributed by atoms with Gasteiger partial charge in [-0.25, -0.2) is 4.98 Å². The molecule has 1 aromatic rings. The Morgan fingerprint density at radius 1 is 1.60 bits per heavy atom. The highest BCUT2D eigenvalue weighted by Crippen LogP contribution is 2.21. The van der Waals surface area contributed by atoms with Crippen LogP contribution in [0.2, 0.25) is 0 Å². The fourth-order valence-corrected chi connectivity index (χ4v) is 1.99. The first kappa shape index (κ1) is 10.4. The van der Waals surface area contributed by atoms with Crippen molar-refractivity contribution < 1.29 is 9.90 Å². The molecule has 2 atom stereocenters. The van der Waals surface area contributed by atoms with E-state index in [4.69, 9.17) is 11.6 Å². The molecule has 1 aliphatic heterocycles. The van der Waals surface area contributed by atoms with Gasteiger partial charge >= 0.3 is 0 Å². The molecule has 2 rings (SSSR count). The van der Waals surface area contributed by atoms with Crippen LogP contribution in [0.1, 0.15) is 6.04 Å². The summed E-state index contributed by atoms with van der Waals surface area (Å²) in [6.45, 7) is 0.831. The summed E-state index contributed by atoms with van der Waals surface area (Å²) in [5.74, 6) is -0.179. The van der Waals surface area contributed by atoms with Gasteiger partial charge in [0, 0.05) is 25.5 Å². The van der Waals surface area contributed by atoms with Crippen molar-refractivity contribution in [3.05, 3.63) is 18.7 Å². The average molecular weight is 230 g/mol. The molecule has 1 aromatic heterocycles. The predicted octanol–water partition coefficient (Wildman–Crippen LogP) is -0.134. The number of imidazole rings is 1. The van der Waals surface area contributed by atoms with Crippen LogP contribution in [0.3, 0.4) is 0 Å². The summed E-state index contributed by atoms with van der Waals surface area (Å²) in [7, 11) is 0. The zero-order valence-electron chi connectivity index (χ0n) is 8.08. The molecule has 0 bridgehead atoms. The number of carbonyl (C=O) groups is 1. The van der Waals surface area contributed by atoms with E-state index < -0.39 is 6.10 Å². The summed E-state index contributed by atoms with van der Waals surface area (Å²) in [5, 5.41) is 9.79. The van der Waals surface area contributed by atoms with Crippen molar-refractivity contribution in [1.29, 1.82) is 0 Å². The average Bonchev–Trinajstić information content (AvgIpc) is 2.84. The number of halogens is 1. The number of aliphatic hydroxyl groups is 1. The number of amides is 1. The third-order valence-corrected chi connectivity index (χ3v) is 2.86. The first-order valence-electron chi connectivity index (χ1n) is 4.71.